The minimum absolute atomic E-state index is 0.0448. The van der Waals surface area contributed by atoms with E-state index in [9.17, 15) is 9.18 Å². The molecule has 24 heavy (non-hydrogen) atoms. The Kier molecular flexibility index (Phi) is 5.08. The average Bonchev–Trinajstić information content (AvgIpc) is 3.10. The Balaban J connectivity index is 1.47. The lowest BCUT2D eigenvalue weighted by Crippen LogP contribution is -2.40. The molecule has 2 aromatic rings. The number of halogens is 1. The van der Waals surface area contributed by atoms with E-state index in [4.69, 9.17) is 9.26 Å². The van der Waals surface area contributed by atoms with E-state index in [1.54, 1.807) is 4.90 Å². The lowest BCUT2D eigenvalue weighted by Gasteiger charge is -2.30. The zero-order valence-corrected chi connectivity index (χ0v) is 13.6. The second-order valence-corrected chi connectivity index (χ2v) is 5.80. The fourth-order valence-corrected chi connectivity index (χ4v) is 2.72. The van der Waals surface area contributed by atoms with Crippen LogP contribution in [0.4, 0.5) is 4.39 Å². The van der Waals surface area contributed by atoms with Crippen LogP contribution < -0.4 is 4.74 Å². The molecule has 7 heteroatoms. The van der Waals surface area contributed by atoms with Crippen LogP contribution in [0, 0.1) is 5.82 Å². The van der Waals surface area contributed by atoms with Crippen molar-refractivity contribution in [1.82, 2.24) is 15.0 Å². The van der Waals surface area contributed by atoms with Crippen LogP contribution in [0.3, 0.4) is 0 Å². The summed E-state index contributed by atoms with van der Waals surface area (Å²) in [6.07, 6.45) is 2.35. The van der Waals surface area contributed by atoms with Crippen molar-refractivity contribution in [2.45, 2.75) is 32.1 Å². The molecule has 2 heterocycles. The number of benzene rings is 1. The van der Waals surface area contributed by atoms with Crippen LogP contribution in [0.15, 0.2) is 28.8 Å². The number of hydrogen-bond donors (Lipinski definition) is 0. The van der Waals surface area contributed by atoms with Crippen molar-refractivity contribution in [1.29, 1.82) is 0 Å². The van der Waals surface area contributed by atoms with Crippen LogP contribution >= 0.6 is 0 Å². The van der Waals surface area contributed by atoms with Gasteiger partial charge in [-0.05, 0) is 37.1 Å². The molecule has 0 saturated carbocycles. The Morgan fingerprint density at radius 1 is 1.33 bits per heavy atom. The summed E-state index contributed by atoms with van der Waals surface area (Å²) in [6, 6.07) is 5.63. The van der Waals surface area contributed by atoms with Crippen molar-refractivity contribution in [3.05, 3.63) is 41.8 Å². The van der Waals surface area contributed by atoms with Crippen molar-refractivity contribution >= 4 is 5.91 Å². The summed E-state index contributed by atoms with van der Waals surface area (Å²) in [7, 11) is 0. The molecule has 3 rings (SSSR count). The molecule has 0 aliphatic carbocycles. The van der Waals surface area contributed by atoms with E-state index < -0.39 is 0 Å². The topological polar surface area (TPSA) is 68.5 Å². The van der Waals surface area contributed by atoms with Crippen LogP contribution in [0.1, 0.15) is 37.4 Å². The molecule has 0 spiro atoms. The first-order chi connectivity index (χ1) is 11.7. The normalized spacial score (nSPS) is 15.5. The molecule has 1 aromatic heterocycles. The maximum absolute atomic E-state index is 12.8. The predicted octanol–water partition coefficient (Wildman–Crippen LogP) is 2.56. The summed E-state index contributed by atoms with van der Waals surface area (Å²) in [5.74, 6) is 1.68. The average molecular weight is 333 g/mol. The summed E-state index contributed by atoms with van der Waals surface area (Å²) in [5, 5.41) is 3.92. The Labute approximate surface area is 139 Å². The fourth-order valence-electron chi connectivity index (χ4n) is 2.72. The first-order valence-corrected chi connectivity index (χ1v) is 8.14. The van der Waals surface area contributed by atoms with Gasteiger partial charge in [0.1, 0.15) is 11.6 Å². The predicted molar refractivity (Wildman–Crippen MR) is 84.1 cm³/mol. The highest BCUT2D eigenvalue weighted by molar-refractivity contribution is 5.77. The molecular formula is C17H20FN3O3. The van der Waals surface area contributed by atoms with Gasteiger partial charge < -0.3 is 14.2 Å². The first-order valence-electron chi connectivity index (χ1n) is 8.14. The summed E-state index contributed by atoms with van der Waals surface area (Å²) in [4.78, 5) is 18.4. The number of amides is 1. The molecule has 1 aromatic carbocycles. The van der Waals surface area contributed by atoms with Gasteiger partial charge in [-0.25, -0.2) is 4.39 Å². The molecule has 1 aliphatic rings. The Morgan fingerprint density at radius 3 is 2.67 bits per heavy atom. The second-order valence-electron chi connectivity index (χ2n) is 5.80. The van der Waals surface area contributed by atoms with Crippen molar-refractivity contribution in [3.63, 3.8) is 0 Å². The van der Waals surface area contributed by atoms with Crippen LogP contribution in [-0.4, -0.2) is 40.6 Å². The molecule has 6 nitrogen and oxygen atoms in total. The number of rotatable bonds is 5. The molecule has 1 amide bonds. The molecule has 0 unspecified atom stereocenters. The zero-order valence-electron chi connectivity index (χ0n) is 13.6. The molecule has 0 bridgehead atoms. The summed E-state index contributed by atoms with van der Waals surface area (Å²) in [6.45, 7) is 3.22. The quantitative estimate of drug-likeness (QED) is 0.841. The summed E-state index contributed by atoms with van der Waals surface area (Å²) in [5.41, 5.74) is 0. The third-order valence-corrected chi connectivity index (χ3v) is 4.17. The van der Waals surface area contributed by atoms with Gasteiger partial charge in [-0.3, -0.25) is 4.79 Å². The molecule has 1 aliphatic heterocycles. The highest BCUT2D eigenvalue weighted by Crippen LogP contribution is 2.26. The second kappa shape index (κ2) is 7.42. The Hall–Kier alpha value is -2.44. The van der Waals surface area contributed by atoms with Crippen molar-refractivity contribution in [2.75, 3.05) is 19.7 Å². The van der Waals surface area contributed by atoms with Gasteiger partial charge >= 0.3 is 0 Å². The summed E-state index contributed by atoms with van der Waals surface area (Å²) < 4.78 is 23.5. The minimum atomic E-state index is -0.331. The number of carbonyl (C=O) groups is 1. The van der Waals surface area contributed by atoms with E-state index in [1.165, 1.54) is 24.3 Å². The van der Waals surface area contributed by atoms with Crippen molar-refractivity contribution < 1.29 is 18.4 Å². The van der Waals surface area contributed by atoms with Gasteiger partial charge in [0, 0.05) is 25.4 Å². The Morgan fingerprint density at radius 2 is 2.04 bits per heavy atom. The number of ether oxygens (including phenoxy) is 1. The highest BCUT2D eigenvalue weighted by Gasteiger charge is 2.27. The standard InChI is InChI=1S/C17H20FN3O3/c1-2-15-19-17(24-20-15)12-7-9-21(10-8-12)16(22)11-23-14-5-3-13(18)4-6-14/h3-6,12H,2,7-11H2,1H3. The van der Waals surface area contributed by atoms with Gasteiger partial charge in [0.2, 0.25) is 5.89 Å². The minimum Gasteiger partial charge on any atom is -0.484 e. The largest absolute Gasteiger partial charge is 0.484 e. The molecule has 0 radical (unpaired) electrons. The van der Waals surface area contributed by atoms with Crippen LogP contribution in [0.25, 0.3) is 0 Å². The molecule has 1 saturated heterocycles. The van der Waals surface area contributed by atoms with Gasteiger partial charge in [-0.2, -0.15) is 4.98 Å². The maximum atomic E-state index is 12.8. The molecule has 1 fully saturated rings. The van der Waals surface area contributed by atoms with Crippen molar-refractivity contribution in [3.8, 4) is 5.75 Å². The van der Waals surface area contributed by atoms with Gasteiger partial charge in [-0.15, -0.1) is 0 Å². The molecule has 128 valence electrons. The van der Waals surface area contributed by atoms with E-state index in [-0.39, 0.29) is 24.2 Å². The van der Waals surface area contributed by atoms with Gasteiger partial charge in [0.05, 0.1) is 0 Å². The van der Waals surface area contributed by atoms with Crippen LogP contribution in [-0.2, 0) is 11.2 Å². The number of carbonyl (C=O) groups excluding carboxylic acids is 1. The van der Waals surface area contributed by atoms with Gasteiger partial charge in [-0.1, -0.05) is 12.1 Å². The number of aryl methyl sites for hydroxylation is 1. The van der Waals surface area contributed by atoms with Gasteiger partial charge in [0.15, 0.2) is 12.4 Å². The number of aromatic nitrogens is 2. The number of hydrogen-bond acceptors (Lipinski definition) is 5. The molecule has 0 N–H and O–H groups in total. The number of piperidine rings is 1. The monoisotopic (exact) mass is 333 g/mol. The SMILES string of the molecule is CCc1noc(C2CCN(C(=O)COc3ccc(F)cc3)CC2)n1. The van der Waals surface area contributed by atoms with E-state index in [0.717, 1.165) is 25.1 Å². The zero-order chi connectivity index (χ0) is 16.9. The van der Waals surface area contributed by atoms with E-state index in [1.807, 2.05) is 6.92 Å². The number of likely N-dealkylation sites (tertiary alicyclic amines) is 1. The van der Waals surface area contributed by atoms with E-state index in [2.05, 4.69) is 10.1 Å². The third-order valence-electron chi connectivity index (χ3n) is 4.17. The van der Waals surface area contributed by atoms with Gasteiger partial charge in [0.25, 0.3) is 5.91 Å². The number of nitrogens with zero attached hydrogens (tertiary/aromatic N) is 3. The van der Waals surface area contributed by atoms with E-state index >= 15 is 0 Å². The fraction of sp³-hybridized carbons (Fsp3) is 0.471. The molecular weight excluding hydrogens is 313 g/mol. The summed E-state index contributed by atoms with van der Waals surface area (Å²) >= 11 is 0. The smallest absolute Gasteiger partial charge is 0.260 e. The van der Waals surface area contributed by atoms with Crippen LogP contribution in [0.5, 0.6) is 5.75 Å². The van der Waals surface area contributed by atoms with Crippen molar-refractivity contribution in [2.24, 2.45) is 0 Å². The highest BCUT2D eigenvalue weighted by atomic mass is 19.1. The lowest BCUT2D eigenvalue weighted by atomic mass is 9.97. The van der Waals surface area contributed by atoms with E-state index in [0.29, 0.717) is 24.7 Å². The lowest BCUT2D eigenvalue weighted by molar-refractivity contribution is -0.134. The molecule has 0 atom stereocenters. The third kappa shape index (κ3) is 3.90. The maximum Gasteiger partial charge on any atom is 0.260 e. The van der Waals surface area contributed by atoms with Crippen LogP contribution in [0.2, 0.25) is 0 Å². The first kappa shape index (κ1) is 16.4. The Bertz CT molecular complexity index is 679.